The number of imide groups is 1. The zero-order valence-corrected chi connectivity index (χ0v) is 22.7. The normalized spacial score (nSPS) is 12.9. The van der Waals surface area contributed by atoms with Gasteiger partial charge in [0.05, 0.1) is 18.2 Å². The van der Waals surface area contributed by atoms with Crippen molar-refractivity contribution in [3.63, 3.8) is 0 Å². The van der Waals surface area contributed by atoms with Crippen molar-refractivity contribution >= 4 is 17.8 Å². The van der Waals surface area contributed by atoms with Gasteiger partial charge in [0, 0.05) is 13.0 Å². The molecule has 5 nitrogen and oxygen atoms in total. The molecule has 0 aliphatic carbocycles. The Labute approximate surface area is 219 Å². The molecule has 36 heavy (non-hydrogen) atoms. The SMILES string of the molecule is COC(=O)CCCCCCCCCCCCCCCCCCCCCN1C(=O)c2ccccc2C1=O. The lowest BCUT2D eigenvalue weighted by Crippen LogP contribution is -2.30. The Morgan fingerprint density at radius 1 is 0.583 bits per heavy atom. The fraction of sp³-hybridized carbons (Fsp3) is 0.710. The number of methoxy groups -OCH3 is 1. The van der Waals surface area contributed by atoms with E-state index in [-0.39, 0.29) is 17.8 Å². The topological polar surface area (TPSA) is 63.7 Å². The average Bonchev–Trinajstić information content (AvgIpc) is 3.14. The number of nitrogens with zero attached hydrogens (tertiary/aromatic N) is 1. The molecule has 202 valence electrons. The molecule has 1 aromatic carbocycles. The Morgan fingerprint density at radius 3 is 1.28 bits per heavy atom. The predicted octanol–water partition coefficient (Wildman–Crippen LogP) is 8.26. The molecule has 2 amide bonds. The summed E-state index contributed by atoms with van der Waals surface area (Å²) < 4.78 is 4.66. The van der Waals surface area contributed by atoms with E-state index in [2.05, 4.69) is 4.74 Å². The summed E-state index contributed by atoms with van der Waals surface area (Å²) in [6.45, 7) is 0.546. The second-order valence-corrected chi connectivity index (χ2v) is 10.4. The fourth-order valence-corrected chi connectivity index (χ4v) is 5.09. The van der Waals surface area contributed by atoms with E-state index in [1.165, 1.54) is 108 Å². The number of carbonyl (C=O) groups excluding carboxylic acids is 3. The molecule has 0 radical (unpaired) electrons. The molecule has 0 unspecified atom stereocenters. The van der Waals surface area contributed by atoms with Crippen LogP contribution in [0.3, 0.4) is 0 Å². The molecular formula is C31H49NO4. The maximum absolute atomic E-state index is 12.4. The van der Waals surface area contributed by atoms with Gasteiger partial charge in [-0.25, -0.2) is 0 Å². The average molecular weight is 500 g/mol. The summed E-state index contributed by atoms with van der Waals surface area (Å²) in [4.78, 5) is 37.2. The lowest BCUT2D eigenvalue weighted by molar-refractivity contribution is -0.140. The first kappa shape index (κ1) is 30.1. The lowest BCUT2D eigenvalue weighted by atomic mass is 10.0. The molecule has 2 rings (SSSR count). The van der Waals surface area contributed by atoms with Crippen molar-refractivity contribution in [2.45, 2.75) is 128 Å². The van der Waals surface area contributed by atoms with Gasteiger partial charge in [-0.1, -0.05) is 121 Å². The van der Waals surface area contributed by atoms with Gasteiger partial charge in [0.1, 0.15) is 0 Å². The van der Waals surface area contributed by atoms with E-state index in [0.29, 0.717) is 24.1 Å². The van der Waals surface area contributed by atoms with Gasteiger partial charge in [0.25, 0.3) is 11.8 Å². The summed E-state index contributed by atoms with van der Waals surface area (Å²) in [5.74, 6) is -0.339. The van der Waals surface area contributed by atoms with Gasteiger partial charge in [-0.15, -0.1) is 0 Å². The van der Waals surface area contributed by atoms with Gasteiger partial charge in [-0.2, -0.15) is 0 Å². The number of benzene rings is 1. The summed E-state index contributed by atoms with van der Waals surface area (Å²) in [6.07, 6.45) is 24.6. The van der Waals surface area contributed by atoms with Crippen LogP contribution in [0.25, 0.3) is 0 Å². The third kappa shape index (κ3) is 11.7. The first-order chi connectivity index (χ1) is 17.6. The van der Waals surface area contributed by atoms with Gasteiger partial charge in [0.15, 0.2) is 0 Å². The summed E-state index contributed by atoms with van der Waals surface area (Å²) in [6, 6.07) is 7.13. The fourth-order valence-electron chi connectivity index (χ4n) is 5.09. The lowest BCUT2D eigenvalue weighted by Gasteiger charge is -2.13. The summed E-state index contributed by atoms with van der Waals surface area (Å²) in [5, 5.41) is 0. The van der Waals surface area contributed by atoms with E-state index >= 15 is 0 Å². The zero-order chi connectivity index (χ0) is 25.8. The van der Waals surface area contributed by atoms with E-state index in [0.717, 1.165) is 25.7 Å². The quantitative estimate of drug-likeness (QED) is 0.0915. The molecule has 0 saturated carbocycles. The Morgan fingerprint density at radius 2 is 0.917 bits per heavy atom. The number of carbonyl (C=O) groups is 3. The van der Waals surface area contributed by atoms with Crippen molar-refractivity contribution in [2.24, 2.45) is 0 Å². The molecule has 0 atom stereocenters. The van der Waals surface area contributed by atoms with E-state index in [1.807, 2.05) is 12.1 Å². The first-order valence-electron chi connectivity index (χ1n) is 14.7. The van der Waals surface area contributed by atoms with E-state index in [4.69, 9.17) is 0 Å². The number of unbranched alkanes of at least 4 members (excludes halogenated alkanes) is 18. The van der Waals surface area contributed by atoms with Crippen LogP contribution in [0.5, 0.6) is 0 Å². The molecule has 0 spiro atoms. The molecule has 1 heterocycles. The van der Waals surface area contributed by atoms with Crippen LogP contribution in [0, 0.1) is 0 Å². The van der Waals surface area contributed by atoms with Crippen LogP contribution < -0.4 is 0 Å². The number of hydrogen-bond acceptors (Lipinski definition) is 4. The summed E-state index contributed by atoms with van der Waals surface area (Å²) in [5.41, 5.74) is 1.11. The number of amides is 2. The molecule has 0 bridgehead atoms. The van der Waals surface area contributed by atoms with E-state index in [1.54, 1.807) is 12.1 Å². The van der Waals surface area contributed by atoms with Gasteiger partial charge in [-0.3, -0.25) is 19.3 Å². The maximum Gasteiger partial charge on any atom is 0.305 e. The van der Waals surface area contributed by atoms with Crippen molar-refractivity contribution in [1.82, 2.24) is 4.90 Å². The van der Waals surface area contributed by atoms with Crippen LogP contribution >= 0.6 is 0 Å². The Bertz CT molecular complexity index is 741. The number of fused-ring (bicyclic) bond motifs is 1. The highest BCUT2D eigenvalue weighted by Gasteiger charge is 2.34. The molecule has 1 aliphatic heterocycles. The van der Waals surface area contributed by atoms with Gasteiger partial charge in [-0.05, 0) is 25.0 Å². The maximum atomic E-state index is 12.4. The highest BCUT2D eigenvalue weighted by molar-refractivity contribution is 6.21. The first-order valence-corrected chi connectivity index (χ1v) is 14.7. The third-order valence-corrected chi connectivity index (χ3v) is 7.37. The zero-order valence-electron chi connectivity index (χ0n) is 22.7. The molecule has 0 N–H and O–H groups in total. The highest BCUT2D eigenvalue weighted by atomic mass is 16.5. The van der Waals surface area contributed by atoms with Crippen molar-refractivity contribution in [3.05, 3.63) is 35.4 Å². The Kier molecular flexibility index (Phi) is 15.9. The third-order valence-electron chi connectivity index (χ3n) is 7.37. The minimum Gasteiger partial charge on any atom is -0.469 e. The van der Waals surface area contributed by atoms with E-state index in [9.17, 15) is 14.4 Å². The molecule has 0 saturated heterocycles. The minimum atomic E-state index is -0.129. The van der Waals surface area contributed by atoms with Crippen LogP contribution in [-0.2, 0) is 9.53 Å². The number of esters is 1. The second-order valence-electron chi connectivity index (χ2n) is 10.4. The standard InChI is InChI=1S/C31H49NO4/c1-36-29(33)25-19-17-15-13-11-9-7-5-3-2-4-6-8-10-12-14-16-18-22-26-32-30(34)27-23-20-21-24-28(27)31(32)35/h20-21,23-24H,2-19,22,25-26H2,1H3. The molecule has 0 fully saturated rings. The van der Waals surface area contributed by atoms with Crippen LogP contribution in [0.4, 0.5) is 0 Å². The van der Waals surface area contributed by atoms with Crippen LogP contribution in [0.2, 0.25) is 0 Å². The predicted molar refractivity (Wildman–Crippen MR) is 146 cm³/mol. The van der Waals surface area contributed by atoms with Gasteiger partial charge in [0.2, 0.25) is 0 Å². The number of hydrogen-bond donors (Lipinski definition) is 0. The summed E-state index contributed by atoms with van der Waals surface area (Å²) in [7, 11) is 1.46. The molecule has 0 aromatic heterocycles. The molecule has 1 aromatic rings. The van der Waals surface area contributed by atoms with Crippen LogP contribution in [-0.4, -0.2) is 36.3 Å². The molecular weight excluding hydrogens is 450 g/mol. The minimum absolute atomic E-state index is 0.0816. The Balaban J connectivity index is 1.27. The van der Waals surface area contributed by atoms with Crippen molar-refractivity contribution in [1.29, 1.82) is 0 Å². The van der Waals surface area contributed by atoms with Gasteiger partial charge < -0.3 is 4.74 Å². The number of ether oxygens (including phenoxy) is 1. The van der Waals surface area contributed by atoms with E-state index < -0.39 is 0 Å². The monoisotopic (exact) mass is 499 g/mol. The van der Waals surface area contributed by atoms with Crippen LogP contribution in [0.15, 0.2) is 24.3 Å². The van der Waals surface area contributed by atoms with Crippen molar-refractivity contribution < 1.29 is 19.1 Å². The highest BCUT2D eigenvalue weighted by Crippen LogP contribution is 2.23. The van der Waals surface area contributed by atoms with Crippen molar-refractivity contribution in [2.75, 3.05) is 13.7 Å². The number of rotatable bonds is 22. The largest absolute Gasteiger partial charge is 0.469 e. The van der Waals surface area contributed by atoms with Crippen molar-refractivity contribution in [3.8, 4) is 0 Å². The smallest absolute Gasteiger partial charge is 0.305 e. The van der Waals surface area contributed by atoms with Crippen LogP contribution in [0.1, 0.15) is 149 Å². The Hall–Kier alpha value is -2.17. The molecule has 5 heteroatoms. The van der Waals surface area contributed by atoms with Gasteiger partial charge >= 0.3 is 5.97 Å². The molecule has 1 aliphatic rings. The second kappa shape index (κ2) is 19.0. The summed E-state index contributed by atoms with van der Waals surface area (Å²) >= 11 is 0.